The van der Waals surface area contributed by atoms with Gasteiger partial charge in [-0.25, -0.2) is 23.6 Å². The Morgan fingerprint density at radius 2 is 1.59 bits per heavy atom. The van der Waals surface area contributed by atoms with Crippen LogP contribution in [0.5, 0.6) is 0 Å². The number of carbonyl (C=O) groups is 6. The first kappa shape index (κ1) is 51.4. The number of esters is 3. The topological polar surface area (TPSA) is 237 Å². The molecule has 0 aromatic heterocycles. The lowest BCUT2D eigenvalue weighted by atomic mass is 9.44. The molecule has 5 aliphatic rings. The third-order valence-electron chi connectivity index (χ3n) is 14.9. The molecule has 2 saturated heterocycles. The van der Waals surface area contributed by atoms with E-state index >= 15 is 9.18 Å². The number of likely N-dealkylation sites (N-methyl/N-ethyl adjacent to an activating group) is 1. The zero-order valence-corrected chi connectivity index (χ0v) is 40.5. The number of amides is 2. The number of piperazine rings is 1. The quantitative estimate of drug-likeness (QED) is 0.149. The molecule has 3 aliphatic carbocycles. The van der Waals surface area contributed by atoms with Gasteiger partial charge < -0.3 is 58.9 Å². The number of ether oxygens (including phenoxy) is 6. The number of fused-ring (bicyclic) bond motifs is 5. The average Bonchev–Trinajstić information content (AvgIpc) is 3.28. The first-order chi connectivity index (χ1) is 32.3. The Morgan fingerprint density at radius 3 is 2.17 bits per heavy atom. The van der Waals surface area contributed by atoms with Gasteiger partial charge in [-0.15, -0.1) is 0 Å². The summed E-state index contributed by atoms with van der Waals surface area (Å²) in [5.74, 6) is -6.61. The summed E-state index contributed by atoms with van der Waals surface area (Å²) in [5, 5.41) is 40.4. The van der Waals surface area contributed by atoms with Crippen LogP contribution >= 0.6 is 0 Å². The molecule has 2 unspecified atom stereocenters. The lowest BCUT2D eigenvalue weighted by molar-refractivity contribution is -0.345. The smallest absolute Gasteiger partial charge is 0.410 e. The van der Waals surface area contributed by atoms with Gasteiger partial charge in [0.15, 0.2) is 23.6 Å². The number of nitrogens with zero attached hydrogens (tertiary/aromatic N) is 2. The van der Waals surface area contributed by atoms with Gasteiger partial charge >= 0.3 is 30.1 Å². The lowest BCUT2D eigenvalue weighted by Crippen LogP contribution is -2.82. The summed E-state index contributed by atoms with van der Waals surface area (Å²) in [7, 11) is 0. The molecule has 0 radical (unpaired) electrons. The average molecular weight is 966 g/mol. The Kier molecular flexibility index (Phi) is 14.2. The van der Waals surface area contributed by atoms with E-state index in [0.29, 0.717) is 13.1 Å². The Morgan fingerprint density at radius 1 is 0.957 bits per heavy atom. The molecule has 69 heavy (non-hydrogen) atoms. The summed E-state index contributed by atoms with van der Waals surface area (Å²) in [6.07, 6.45) is -13.3. The molecule has 376 valence electrons. The van der Waals surface area contributed by atoms with Crippen molar-refractivity contribution in [3.63, 3.8) is 0 Å². The van der Waals surface area contributed by atoms with Gasteiger partial charge in [-0.05, 0) is 70.5 Å². The number of aliphatic hydroxyl groups is 3. The summed E-state index contributed by atoms with van der Waals surface area (Å²) in [5.41, 5.74) is -9.48. The molecule has 19 heteroatoms. The van der Waals surface area contributed by atoms with Gasteiger partial charge in [-0.2, -0.15) is 0 Å². The van der Waals surface area contributed by atoms with Gasteiger partial charge in [0.05, 0.1) is 35.6 Å². The van der Waals surface area contributed by atoms with Crippen molar-refractivity contribution in [1.29, 1.82) is 0 Å². The van der Waals surface area contributed by atoms with Crippen molar-refractivity contribution in [3.8, 4) is 0 Å². The second-order valence-corrected chi connectivity index (χ2v) is 20.5. The SMILES string of the molecule is CCN1CCN(C(=O)O[C@H]2C(=O)[C@@]3(C)C(C(OC(=O)c4ccccc4)[C@]4(O)C[C@H](OC(=O)[C@H](O)[C@H](NC(=O)OC(C)(C)C)c5ccccc5F)C(C)=C2C4(C)C)[C@]2(OC(C)=O)CO[C@@H]2C[C@@H]3O)CC1. The molecule has 4 fully saturated rings. The number of hydrogen-bond donors (Lipinski definition) is 4. The Hall–Kier alpha value is -5.47. The van der Waals surface area contributed by atoms with Crippen LogP contribution in [0.2, 0.25) is 0 Å². The number of alkyl carbamates (subject to hydrolysis) is 1. The molecule has 2 saturated carbocycles. The third kappa shape index (κ3) is 9.23. The number of ketones is 1. The van der Waals surface area contributed by atoms with Crippen molar-refractivity contribution < 1.29 is 76.9 Å². The summed E-state index contributed by atoms with van der Waals surface area (Å²) in [4.78, 5) is 89.2. The van der Waals surface area contributed by atoms with Gasteiger partial charge in [-0.3, -0.25) is 9.59 Å². The fraction of sp³-hybridized carbons (Fsp3) is 0.600. The molecule has 11 atom stereocenters. The van der Waals surface area contributed by atoms with E-state index in [1.807, 2.05) is 6.92 Å². The molecule has 4 N–H and O–H groups in total. The fourth-order valence-electron chi connectivity index (χ4n) is 11.1. The van der Waals surface area contributed by atoms with Gasteiger partial charge in [0.25, 0.3) is 0 Å². The van der Waals surface area contributed by atoms with Crippen molar-refractivity contribution in [1.82, 2.24) is 15.1 Å². The van der Waals surface area contributed by atoms with Crippen LogP contribution in [0, 0.1) is 22.6 Å². The van der Waals surface area contributed by atoms with E-state index in [4.69, 9.17) is 28.4 Å². The van der Waals surface area contributed by atoms with Crippen LogP contribution in [0.4, 0.5) is 14.0 Å². The van der Waals surface area contributed by atoms with E-state index in [9.17, 15) is 39.3 Å². The van der Waals surface area contributed by atoms with E-state index in [2.05, 4.69) is 10.2 Å². The van der Waals surface area contributed by atoms with Crippen molar-refractivity contribution in [2.75, 3.05) is 39.3 Å². The van der Waals surface area contributed by atoms with Crippen molar-refractivity contribution in [3.05, 3.63) is 82.7 Å². The Bertz CT molecular complexity index is 2360. The minimum absolute atomic E-state index is 0.0359. The second-order valence-electron chi connectivity index (χ2n) is 20.5. The molecule has 2 aliphatic heterocycles. The van der Waals surface area contributed by atoms with Crippen molar-refractivity contribution in [2.24, 2.45) is 16.7 Å². The highest BCUT2D eigenvalue weighted by Crippen LogP contribution is 2.64. The number of halogens is 1. The van der Waals surface area contributed by atoms with Gasteiger partial charge in [0.1, 0.15) is 35.3 Å². The number of rotatable bonds is 10. The van der Waals surface area contributed by atoms with Crippen molar-refractivity contribution >= 4 is 35.9 Å². The maximum absolute atomic E-state index is 16.0. The van der Waals surface area contributed by atoms with Crippen LogP contribution in [0.25, 0.3) is 0 Å². The number of aliphatic hydroxyl groups excluding tert-OH is 2. The number of hydrogen-bond acceptors (Lipinski definition) is 16. The van der Waals surface area contributed by atoms with Gasteiger partial charge in [-0.1, -0.05) is 57.2 Å². The molecule has 18 nitrogen and oxygen atoms in total. The minimum Gasteiger partial charge on any atom is -0.456 e. The van der Waals surface area contributed by atoms with Crippen LogP contribution < -0.4 is 5.32 Å². The van der Waals surface area contributed by atoms with E-state index in [0.717, 1.165) is 19.5 Å². The summed E-state index contributed by atoms with van der Waals surface area (Å²) >= 11 is 0. The lowest BCUT2D eigenvalue weighted by Gasteiger charge is -2.67. The highest BCUT2D eigenvalue weighted by molar-refractivity contribution is 5.95. The normalized spacial score (nSPS) is 31.8. The molecular weight excluding hydrogens is 902 g/mol. The summed E-state index contributed by atoms with van der Waals surface area (Å²) < 4.78 is 51.8. The standard InChI is InChI=1S/C50H64FN3O15/c1-10-53-20-22-54(23-21-53)45(62)66-38-35-27(2)32(65-43(60)37(57)36(30-18-14-15-19-31(30)51)52-44(61)69-46(4,5)6)25-50(63,47(35,7)8)41(67-42(59)29-16-12-11-13-17-29)39-48(9,40(38)58)33(56)24-34-49(39,26-64-34)68-28(3)55/h11-19,32-34,36-39,41,56-57,63H,10,20-26H2,1-9H3,(H,52,61)/t32-,33-,34+,36+,37+,38+,39?,41?,48+,49-,50+/m0/s1. The number of benzene rings is 2. The highest BCUT2D eigenvalue weighted by atomic mass is 19.1. The molecule has 2 bridgehead atoms. The molecule has 2 aromatic carbocycles. The third-order valence-corrected chi connectivity index (χ3v) is 14.9. The largest absolute Gasteiger partial charge is 0.456 e. The number of nitrogens with one attached hydrogen (secondary N) is 1. The number of Topliss-reactive ketones (excluding diaryl/α,β-unsaturated/α-hetero) is 1. The van der Waals surface area contributed by atoms with Gasteiger partial charge in [0, 0.05) is 56.9 Å². The van der Waals surface area contributed by atoms with E-state index in [1.165, 1.54) is 49.1 Å². The Labute approximate surface area is 400 Å². The molecule has 2 aromatic rings. The van der Waals surface area contributed by atoms with Crippen LogP contribution in [-0.4, -0.2) is 154 Å². The molecule has 0 spiro atoms. The molecule has 2 heterocycles. The van der Waals surface area contributed by atoms with E-state index in [-0.39, 0.29) is 48.4 Å². The monoisotopic (exact) mass is 965 g/mol. The predicted molar refractivity (Wildman–Crippen MR) is 242 cm³/mol. The van der Waals surface area contributed by atoms with E-state index in [1.54, 1.807) is 52.8 Å². The van der Waals surface area contributed by atoms with Crippen molar-refractivity contribution in [2.45, 2.75) is 135 Å². The van der Waals surface area contributed by atoms with Crippen LogP contribution in [0.15, 0.2) is 65.7 Å². The molecule has 7 rings (SSSR count). The first-order valence-electron chi connectivity index (χ1n) is 23.3. The molecular formula is C50H64FN3O15. The number of carbonyl (C=O) groups excluding carboxylic acids is 6. The summed E-state index contributed by atoms with van der Waals surface area (Å²) in [6.45, 7) is 15.7. The van der Waals surface area contributed by atoms with Crippen LogP contribution in [0.1, 0.15) is 97.1 Å². The maximum Gasteiger partial charge on any atom is 0.410 e. The van der Waals surface area contributed by atoms with Gasteiger partial charge in [0.2, 0.25) is 0 Å². The zero-order chi connectivity index (χ0) is 50.6. The maximum atomic E-state index is 16.0. The minimum atomic E-state index is -2.49. The second kappa shape index (κ2) is 19.0. The predicted octanol–water partition coefficient (Wildman–Crippen LogP) is 4.18. The van der Waals surface area contributed by atoms with Crippen LogP contribution in [0.3, 0.4) is 0 Å². The Balaban J connectivity index is 1.41. The molecule has 2 amide bonds. The fourth-order valence-corrected chi connectivity index (χ4v) is 11.1. The van der Waals surface area contributed by atoms with E-state index < -0.39 is 124 Å². The first-order valence-corrected chi connectivity index (χ1v) is 23.3. The zero-order valence-electron chi connectivity index (χ0n) is 40.5. The summed E-state index contributed by atoms with van der Waals surface area (Å²) in [6, 6.07) is 11.1. The highest BCUT2D eigenvalue weighted by Gasteiger charge is 2.78. The van der Waals surface area contributed by atoms with Crippen LogP contribution in [-0.2, 0) is 42.8 Å².